The predicted molar refractivity (Wildman–Crippen MR) is 86.1 cm³/mol. The smallest absolute Gasteiger partial charge is 0.131 e. The first-order valence-corrected chi connectivity index (χ1v) is 7.53. The molecule has 0 saturated heterocycles. The third-order valence-corrected chi connectivity index (χ3v) is 4.69. The molecule has 0 aliphatic heterocycles. The fourth-order valence-corrected chi connectivity index (χ4v) is 3.53. The van der Waals surface area contributed by atoms with Crippen LogP contribution in [0.15, 0.2) is 60.7 Å². The van der Waals surface area contributed by atoms with Gasteiger partial charge in [0, 0.05) is 10.4 Å². The van der Waals surface area contributed by atoms with E-state index in [4.69, 9.17) is 11.6 Å². The third-order valence-electron chi connectivity index (χ3n) is 3.36. The summed E-state index contributed by atoms with van der Waals surface area (Å²) < 4.78 is 13.9. The average Bonchev–Trinajstić information content (AvgIpc) is 2.48. The van der Waals surface area contributed by atoms with Crippen LogP contribution in [0.3, 0.4) is 0 Å². The Morgan fingerprint density at radius 3 is 2.20 bits per heavy atom. The van der Waals surface area contributed by atoms with Crippen LogP contribution in [0, 0.1) is 5.82 Å². The predicted octanol–water partition coefficient (Wildman–Crippen LogP) is 6.12. The standard InChI is InChI=1S/C17H11BrClF/c18-17(14-7-3-4-8-15(14)19)13-9-10-16(20)12-6-2-1-5-11(12)13/h1-10,17H. The summed E-state index contributed by atoms with van der Waals surface area (Å²) in [6.45, 7) is 0. The lowest BCUT2D eigenvalue weighted by molar-refractivity contribution is 0.639. The minimum Gasteiger partial charge on any atom is -0.206 e. The molecule has 1 unspecified atom stereocenters. The van der Waals surface area contributed by atoms with E-state index in [2.05, 4.69) is 15.9 Å². The van der Waals surface area contributed by atoms with E-state index in [9.17, 15) is 4.39 Å². The van der Waals surface area contributed by atoms with Gasteiger partial charge in [-0.2, -0.15) is 0 Å². The molecule has 0 saturated carbocycles. The van der Waals surface area contributed by atoms with Crippen molar-refractivity contribution >= 4 is 38.3 Å². The fraction of sp³-hybridized carbons (Fsp3) is 0.0588. The van der Waals surface area contributed by atoms with Crippen LogP contribution in [0.5, 0.6) is 0 Å². The largest absolute Gasteiger partial charge is 0.206 e. The number of halogens is 3. The second kappa shape index (κ2) is 5.55. The normalized spacial score (nSPS) is 12.6. The van der Waals surface area contributed by atoms with Gasteiger partial charge in [-0.1, -0.05) is 76.1 Å². The van der Waals surface area contributed by atoms with Gasteiger partial charge in [0.1, 0.15) is 5.82 Å². The molecule has 100 valence electrons. The summed E-state index contributed by atoms with van der Waals surface area (Å²) in [7, 11) is 0. The average molecular weight is 350 g/mol. The molecule has 20 heavy (non-hydrogen) atoms. The Morgan fingerprint density at radius 1 is 0.800 bits per heavy atom. The molecule has 3 aromatic carbocycles. The molecule has 0 aliphatic rings. The number of fused-ring (bicyclic) bond motifs is 1. The molecule has 0 heterocycles. The van der Waals surface area contributed by atoms with Crippen LogP contribution < -0.4 is 0 Å². The van der Waals surface area contributed by atoms with Crippen molar-refractivity contribution in [1.82, 2.24) is 0 Å². The van der Waals surface area contributed by atoms with E-state index in [1.54, 1.807) is 12.1 Å². The van der Waals surface area contributed by atoms with Gasteiger partial charge in [0.25, 0.3) is 0 Å². The minimum absolute atomic E-state index is 0.0679. The molecule has 3 heteroatoms. The summed E-state index contributed by atoms with van der Waals surface area (Å²) in [5.41, 5.74) is 1.99. The molecule has 0 fully saturated rings. The fourth-order valence-electron chi connectivity index (χ4n) is 2.35. The Hall–Kier alpha value is -1.38. The van der Waals surface area contributed by atoms with Crippen molar-refractivity contribution < 1.29 is 4.39 Å². The van der Waals surface area contributed by atoms with Crippen LogP contribution in [0.25, 0.3) is 10.8 Å². The van der Waals surface area contributed by atoms with Gasteiger partial charge < -0.3 is 0 Å². The quantitative estimate of drug-likeness (QED) is 0.489. The first-order chi connectivity index (χ1) is 9.68. The molecule has 0 nitrogen and oxygen atoms in total. The number of alkyl halides is 1. The molecule has 0 spiro atoms. The summed E-state index contributed by atoms with van der Waals surface area (Å²) in [5.74, 6) is -0.205. The first-order valence-electron chi connectivity index (χ1n) is 6.24. The lowest BCUT2D eigenvalue weighted by atomic mass is 9.98. The minimum atomic E-state index is -0.205. The van der Waals surface area contributed by atoms with Crippen LogP contribution in [0.4, 0.5) is 4.39 Å². The Balaban J connectivity index is 2.20. The van der Waals surface area contributed by atoms with Crippen molar-refractivity contribution in [3.63, 3.8) is 0 Å². The van der Waals surface area contributed by atoms with E-state index in [1.165, 1.54) is 6.07 Å². The highest BCUT2D eigenvalue weighted by Crippen LogP contribution is 2.38. The molecule has 0 radical (unpaired) electrons. The van der Waals surface area contributed by atoms with E-state index in [0.717, 1.165) is 16.5 Å². The van der Waals surface area contributed by atoms with Crippen LogP contribution in [-0.2, 0) is 0 Å². The van der Waals surface area contributed by atoms with E-state index < -0.39 is 0 Å². The molecule has 1 atom stereocenters. The summed E-state index contributed by atoms with van der Waals surface area (Å²) >= 11 is 9.93. The van der Waals surface area contributed by atoms with Gasteiger partial charge in [0.2, 0.25) is 0 Å². The number of rotatable bonds is 2. The molecule has 0 bridgehead atoms. The van der Waals surface area contributed by atoms with Crippen molar-refractivity contribution in [3.05, 3.63) is 82.6 Å². The Labute approximate surface area is 130 Å². The molecule has 0 N–H and O–H groups in total. The highest BCUT2D eigenvalue weighted by atomic mass is 79.9. The summed E-state index contributed by atoms with van der Waals surface area (Å²) in [5, 5.41) is 2.22. The van der Waals surface area contributed by atoms with E-state index >= 15 is 0 Å². The van der Waals surface area contributed by atoms with Crippen LogP contribution >= 0.6 is 27.5 Å². The van der Waals surface area contributed by atoms with E-state index in [0.29, 0.717) is 10.4 Å². The van der Waals surface area contributed by atoms with Crippen molar-refractivity contribution in [2.75, 3.05) is 0 Å². The monoisotopic (exact) mass is 348 g/mol. The lowest BCUT2D eigenvalue weighted by Crippen LogP contribution is -1.96. The highest BCUT2D eigenvalue weighted by Gasteiger charge is 2.16. The molecule has 0 amide bonds. The van der Waals surface area contributed by atoms with Crippen LogP contribution in [0.1, 0.15) is 16.0 Å². The van der Waals surface area contributed by atoms with Crippen molar-refractivity contribution in [2.24, 2.45) is 0 Å². The molecular weight excluding hydrogens is 339 g/mol. The van der Waals surface area contributed by atoms with Gasteiger partial charge in [-0.15, -0.1) is 0 Å². The van der Waals surface area contributed by atoms with Gasteiger partial charge >= 0.3 is 0 Å². The Morgan fingerprint density at radius 2 is 1.45 bits per heavy atom. The van der Waals surface area contributed by atoms with Gasteiger partial charge in [0.05, 0.1) is 4.83 Å². The molecule has 3 aromatic rings. The zero-order valence-electron chi connectivity index (χ0n) is 10.5. The summed E-state index contributed by atoms with van der Waals surface area (Å²) in [4.78, 5) is -0.0679. The maximum atomic E-state index is 13.9. The van der Waals surface area contributed by atoms with Crippen molar-refractivity contribution in [1.29, 1.82) is 0 Å². The number of hydrogen-bond acceptors (Lipinski definition) is 0. The van der Waals surface area contributed by atoms with Gasteiger partial charge in [-0.05, 0) is 28.6 Å². The van der Waals surface area contributed by atoms with Crippen molar-refractivity contribution in [2.45, 2.75) is 4.83 Å². The zero-order chi connectivity index (χ0) is 14.1. The van der Waals surface area contributed by atoms with Gasteiger partial charge in [-0.25, -0.2) is 4.39 Å². The highest BCUT2D eigenvalue weighted by molar-refractivity contribution is 9.09. The Kier molecular flexibility index (Phi) is 3.77. The van der Waals surface area contributed by atoms with Gasteiger partial charge in [-0.3, -0.25) is 0 Å². The van der Waals surface area contributed by atoms with Crippen LogP contribution in [-0.4, -0.2) is 0 Å². The van der Waals surface area contributed by atoms with E-state index in [-0.39, 0.29) is 10.6 Å². The topological polar surface area (TPSA) is 0 Å². The summed E-state index contributed by atoms with van der Waals surface area (Å²) in [6.07, 6.45) is 0. The SMILES string of the molecule is Fc1ccc(C(Br)c2ccccc2Cl)c2ccccc12. The van der Waals surface area contributed by atoms with Crippen molar-refractivity contribution in [3.8, 4) is 0 Å². The number of benzene rings is 3. The first kappa shape index (κ1) is 13.6. The van der Waals surface area contributed by atoms with Gasteiger partial charge in [0.15, 0.2) is 0 Å². The number of hydrogen-bond donors (Lipinski definition) is 0. The van der Waals surface area contributed by atoms with Crippen LogP contribution in [0.2, 0.25) is 5.02 Å². The molecule has 0 aliphatic carbocycles. The molecule has 0 aromatic heterocycles. The second-order valence-corrected chi connectivity index (χ2v) is 5.89. The maximum absolute atomic E-state index is 13.9. The third kappa shape index (κ3) is 2.34. The Bertz CT molecular complexity index is 770. The molecule has 3 rings (SSSR count). The zero-order valence-corrected chi connectivity index (χ0v) is 12.8. The molecular formula is C17H11BrClF. The van der Waals surface area contributed by atoms with E-state index in [1.807, 2.05) is 42.5 Å². The second-order valence-electron chi connectivity index (χ2n) is 4.57. The lowest BCUT2D eigenvalue weighted by Gasteiger charge is -2.15. The summed E-state index contributed by atoms with van der Waals surface area (Å²) in [6, 6.07) is 18.5. The maximum Gasteiger partial charge on any atom is 0.131 e.